The van der Waals surface area contributed by atoms with E-state index < -0.39 is 27.3 Å². The van der Waals surface area contributed by atoms with Gasteiger partial charge in [-0.15, -0.1) is 0 Å². The van der Waals surface area contributed by atoms with E-state index in [4.69, 9.17) is 0 Å². The number of nitrogens with one attached hydrogen (secondary N) is 1. The van der Waals surface area contributed by atoms with Crippen LogP contribution in [0.15, 0.2) is 47.4 Å². The highest BCUT2D eigenvalue weighted by atomic mass is 32.2. The predicted octanol–water partition coefficient (Wildman–Crippen LogP) is 3.25. The van der Waals surface area contributed by atoms with Gasteiger partial charge in [-0.25, -0.2) is 12.8 Å². The first-order valence-electron chi connectivity index (χ1n) is 7.14. The molecule has 2 aromatic carbocycles. The quantitative estimate of drug-likeness (QED) is 0.912. The maximum atomic E-state index is 13.6. The molecule has 0 aromatic heterocycles. The number of carbonyl (C=O) groups excluding carboxylic acids is 1. The first-order chi connectivity index (χ1) is 10.8. The minimum absolute atomic E-state index is 0.232. The minimum Gasteiger partial charge on any atom is -0.326 e. The molecule has 122 valence electrons. The fourth-order valence-corrected chi connectivity index (χ4v) is 3.46. The topological polar surface area (TPSA) is 63.2 Å². The van der Waals surface area contributed by atoms with Crippen molar-refractivity contribution in [1.29, 1.82) is 0 Å². The van der Waals surface area contributed by atoms with Crippen LogP contribution in [0.25, 0.3) is 0 Å². The molecule has 0 heterocycles. The van der Waals surface area contributed by atoms with Crippen molar-refractivity contribution >= 4 is 21.4 Å². The van der Waals surface area contributed by atoms with E-state index in [-0.39, 0.29) is 11.3 Å². The number of amides is 1. The Morgan fingerprint density at radius 2 is 1.78 bits per heavy atom. The fraction of sp³-hybridized carbons (Fsp3) is 0.235. The molecular weight excluding hydrogens is 317 g/mol. The molecule has 0 saturated carbocycles. The Bertz CT molecular complexity index is 831. The summed E-state index contributed by atoms with van der Waals surface area (Å²) in [6.45, 7) is 3.80. The molecule has 0 aliphatic carbocycles. The zero-order valence-electron chi connectivity index (χ0n) is 13.0. The highest BCUT2D eigenvalue weighted by Gasteiger charge is 2.20. The van der Waals surface area contributed by atoms with E-state index in [9.17, 15) is 17.6 Å². The first kappa shape index (κ1) is 17.1. The molecule has 4 nitrogen and oxygen atoms in total. The number of carbonyl (C=O) groups is 1. The number of anilines is 1. The van der Waals surface area contributed by atoms with Crippen molar-refractivity contribution in [3.05, 3.63) is 59.4 Å². The molecular formula is C17H18FNO3S. The largest absolute Gasteiger partial charge is 0.326 e. The number of aryl methyl sites for hydroxylation is 1. The minimum atomic E-state index is -3.83. The molecule has 0 bridgehead atoms. The van der Waals surface area contributed by atoms with Gasteiger partial charge in [0, 0.05) is 12.1 Å². The summed E-state index contributed by atoms with van der Waals surface area (Å²) in [5.41, 5.74) is 2.61. The van der Waals surface area contributed by atoms with Gasteiger partial charge in [0.15, 0.2) is 9.84 Å². The molecule has 23 heavy (non-hydrogen) atoms. The van der Waals surface area contributed by atoms with Crippen LogP contribution in [0, 0.1) is 19.7 Å². The number of halogens is 1. The Balaban J connectivity index is 2.04. The molecule has 0 saturated heterocycles. The second-order valence-corrected chi connectivity index (χ2v) is 7.37. The van der Waals surface area contributed by atoms with Gasteiger partial charge in [0.25, 0.3) is 0 Å². The van der Waals surface area contributed by atoms with E-state index in [1.807, 2.05) is 26.0 Å². The van der Waals surface area contributed by atoms with E-state index >= 15 is 0 Å². The molecule has 6 heteroatoms. The molecule has 0 unspecified atom stereocenters. The Hall–Kier alpha value is -2.21. The Labute approximate surface area is 135 Å². The van der Waals surface area contributed by atoms with Crippen molar-refractivity contribution in [3.63, 3.8) is 0 Å². The van der Waals surface area contributed by atoms with Gasteiger partial charge in [0.05, 0.1) is 5.75 Å². The normalized spacial score (nSPS) is 11.3. The molecule has 0 fully saturated rings. The van der Waals surface area contributed by atoms with Gasteiger partial charge < -0.3 is 5.32 Å². The number of hydrogen-bond acceptors (Lipinski definition) is 3. The van der Waals surface area contributed by atoms with Gasteiger partial charge in [-0.3, -0.25) is 4.79 Å². The van der Waals surface area contributed by atoms with Crippen LogP contribution in [-0.4, -0.2) is 20.1 Å². The monoisotopic (exact) mass is 335 g/mol. The van der Waals surface area contributed by atoms with Crippen LogP contribution in [0.3, 0.4) is 0 Å². The third-order valence-electron chi connectivity index (χ3n) is 3.65. The van der Waals surface area contributed by atoms with Crippen LogP contribution < -0.4 is 5.32 Å². The summed E-state index contributed by atoms with van der Waals surface area (Å²) in [7, 11) is -3.83. The lowest BCUT2D eigenvalue weighted by molar-refractivity contribution is -0.115. The van der Waals surface area contributed by atoms with Crippen LogP contribution in [0.1, 0.15) is 17.5 Å². The summed E-state index contributed by atoms with van der Waals surface area (Å²) in [6, 6.07) is 10.7. The summed E-state index contributed by atoms with van der Waals surface area (Å²) in [5, 5.41) is 2.69. The lowest BCUT2D eigenvalue weighted by Gasteiger charge is -2.10. The average molecular weight is 335 g/mol. The average Bonchev–Trinajstić information content (AvgIpc) is 2.50. The Kier molecular flexibility index (Phi) is 5.15. The zero-order valence-corrected chi connectivity index (χ0v) is 13.8. The van der Waals surface area contributed by atoms with Crippen LogP contribution in [0.5, 0.6) is 0 Å². The molecule has 1 N–H and O–H groups in total. The second kappa shape index (κ2) is 6.91. The van der Waals surface area contributed by atoms with E-state index in [1.165, 1.54) is 18.2 Å². The van der Waals surface area contributed by atoms with Crippen LogP contribution >= 0.6 is 0 Å². The third-order valence-corrected chi connectivity index (χ3v) is 5.39. The van der Waals surface area contributed by atoms with Gasteiger partial charge in [-0.2, -0.15) is 0 Å². The molecule has 0 radical (unpaired) electrons. The van der Waals surface area contributed by atoms with Gasteiger partial charge >= 0.3 is 0 Å². The summed E-state index contributed by atoms with van der Waals surface area (Å²) < 4.78 is 37.8. The molecule has 1 amide bonds. The second-order valence-electron chi connectivity index (χ2n) is 5.29. The number of sulfone groups is 1. The van der Waals surface area contributed by atoms with E-state index in [2.05, 4.69) is 5.32 Å². The van der Waals surface area contributed by atoms with Crippen molar-refractivity contribution < 1.29 is 17.6 Å². The number of rotatable bonds is 5. The smallest absolute Gasteiger partial charge is 0.225 e. The zero-order chi connectivity index (χ0) is 17.0. The summed E-state index contributed by atoms with van der Waals surface area (Å²) in [4.78, 5) is 11.6. The van der Waals surface area contributed by atoms with E-state index in [1.54, 1.807) is 6.07 Å². The first-order valence-corrected chi connectivity index (χ1v) is 8.80. The van der Waals surface area contributed by atoms with Gasteiger partial charge in [0.1, 0.15) is 10.7 Å². The Morgan fingerprint density at radius 1 is 1.09 bits per heavy atom. The van der Waals surface area contributed by atoms with Crippen molar-refractivity contribution in [1.82, 2.24) is 0 Å². The lowest BCUT2D eigenvalue weighted by Crippen LogP contribution is -2.18. The Morgan fingerprint density at radius 3 is 2.48 bits per heavy atom. The molecule has 0 spiro atoms. The molecule has 0 aliphatic heterocycles. The number of benzene rings is 2. The lowest BCUT2D eigenvalue weighted by atomic mass is 10.1. The standard InChI is InChI=1S/C17H18FNO3S/c1-12-6-5-8-15(13(12)2)19-17(20)10-11-23(21,22)16-9-4-3-7-14(16)18/h3-9H,10-11H2,1-2H3,(H,19,20). The highest BCUT2D eigenvalue weighted by molar-refractivity contribution is 7.91. The maximum absolute atomic E-state index is 13.6. The summed E-state index contributed by atoms with van der Waals surface area (Å²) >= 11 is 0. The summed E-state index contributed by atoms with van der Waals surface area (Å²) in [5.74, 6) is -1.66. The van der Waals surface area contributed by atoms with Crippen molar-refractivity contribution in [3.8, 4) is 0 Å². The third kappa shape index (κ3) is 4.16. The predicted molar refractivity (Wildman–Crippen MR) is 87.6 cm³/mol. The van der Waals surface area contributed by atoms with Crippen molar-refractivity contribution in [2.24, 2.45) is 0 Å². The number of hydrogen-bond donors (Lipinski definition) is 1. The van der Waals surface area contributed by atoms with E-state index in [0.29, 0.717) is 5.69 Å². The molecule has 2 rings (SSSR count). The van der Waals surface area contributed by atoms with E-state index in [0.717, 1.165) is 17.2 Å². The van der Waals surface area contributed by atoms with Crippen LogP contribution in [-0.2, 0) is 14.6 Å². The van der Waals surface area contributed by atoms with Crippen molar-refractivity contribution in [2.45, 2.75) is 25.2 Å². The highest BCUT2D eigenvalue weighted by Crippen LogP contribution is 2.19. The van der Waals surface area contributed by atoms with Crippen LogP contribution in [0.2, 0.25) is 0 Å². The van der Waals surface area contributed by atoms with Crippen molar-refractivity contribution in [2.75, 3.05) is 11.1 Å². The SMILES string of the molecule is Cc1cccc(NC(=O)CCS(=O)(=O)c2ccccc2F)c1C. The summed E-state index contributed by atoms with van der Waals surface area (Å²) in [6.07, 6.45) is -0.232. The van der Waals surface area contributed by atoms with Gasteiger partial charge in [-0.05, 0) is 43.2 Å². The van der Waals surface area contributed by atoms with Crippen LogP contribution in [0.4, 0.5) is 10.1 Å². The van der Waals surface area contributed by atoms with Gasteiger partial charge in [-0.1, -0.05) is 24.3 Å². The molecule has 2 aromatic rings. The molecule has 0 aliphatic rings. The molecule has 0 atom stereocenters. The van der Waals surface area contributed by atoms with Gasteiger partial charge in [0.2, 0.25) is 5.91 Å². The maximum Gasteiger partial charge on any atom is 0.225 e. The fourth-order valence-electron chi connectivity index (χ4n) is 2.13.